The van der Waals surface area contributed by atoms with Crippen LogP contribution in [0.3, 0.4) is 0 Å². The Morgan fingerprint density at radius 2 is 1.48 bits per heavy atom. The van der Waals surface area contributed by atoms with Crippen LogP contribution in [0.4, 0.5) is 5.82 Å². The standard InChI is InChI=1S/C19H15ClN2O/c1-23-16-12-17(20)21-18(13-16)22-19(14-8-4-2-5-9-14)15-10-6-3-7-11-15/h2-13H,1H3. The summed E-state index contributed by atoms with van der Waals surface area (Å²) < 4.78 is 5.23. The van der Waals surface area contributed by atoms with Crippen LogP contribution in [0.5, 0.6) is 5.75 Å². The molecule has 0 radical (unpaired) electrons. The number of aliphatic imine (C=N–C) groups is 1. The quantitative estimate of drug-likeness (QED) is 0.505. The number of hydrogen-bond acceptors (Lipinski definition) is 3. The maximum absolute atomic E-state index is 6.04. The molecule has 1 heterocycles. The first kappa shape index (κ1) is 15.3. The van der Waals surface area contributed by atoms with Crippen molar-refractivity contribution in [2.24, 2.45) is 4.99 Å². The average Bonchev–Trinajstić information content (AvgIpc) is 2.60. The van der Waals surface area contributed by atoms with Crippen LogP contribution in [0.1, 0.15) is 11.1 Å². The number of rotatable bonds is 4. The van der Waals surface area contributed by atoms with Crippen molar-refractivity contribution >= 4 is 23.1 Å². The maximum Gasteiger partial charge on any atom is 0.157 e. The molecule has 0 bridgehead atoms. The molecule has 4 heteroatoms. The molecule has 3 rings (SSSR count). The third kappa shape index (κ3) is 3.76. The van der Waals surface area contributed by atoms with Gasteiger partial charge in [-0.1, -0.05) is 72.3 Å². The number of ether oxygens (including phenoxy) is 1. The number of methoxy groups -OCH3 is 1. The minimum atomic E-state index is 0.351. The molecule has 114 valence electrons. The fourth-order valence-corrected chi connectivity index (χ4v) is 2.43. The van der Waals surface area contributed by atoms with E-state index in [9.17, 15) is 0 Å². The fourth-order valence-electron chi connectivity index (χ4n) is 2.24. The number of hydrogen-bond donors (Lipinski definition) is 0. The first-order valence-electron chi connectivity index (χ1n) is 7.17. The Balaban J connectivity index is 2.14. The van der Waals surface area contributed by atoms with Crippen molar-refractivity contribution in [2.75, 3.05) is 7.11 Å². The third-order valence-electron chi connectivity index (χ3n) is 3.31. The lowest BCUT2D eigenvalue weighted by molar-refractivity contribution is 0.414. The summed E-state index contributed by atoms with van der Waals surface area (Å²) in [5.41, 5.74) is 2.86. The summed E-state index contributed by atoms with van der Waals surface area (Å²) in [6.07, 6.45) is 0. The van der Waals surface area contributed by atoms with Gasteiger partial charge in [-0.05, 0) is 0 Å². The SMILES string of the molecule is COc1cc(Cl)nc(N=C(c2ccccc2)c2ccccc2)c1. The Hall–Kier alpha value is -2.65. The Morgan fingerprint density at radius 1 is 0.913 bits per heavy atom. The molecular weight excluding hydrogens is 308 g/mol. The minimum absolute atomic E-state index is 0.351. The predicted octanol–water partition coefficient (Wildman–Crippen LogP) is 4.91. The number of halogens is 1. The van der Waals surface area contributed by atoms with Crippen molar-refractivity contribution in [3.63, 3.8) is 0 Å². The second kappa shape index (κ2) is 7.07. The topological polar surface area (TPSA) is 34.5 Å². The summed E-state index contributed by atoms with van der Waals surface area (Å²) in [6.45, 7) is 0. The summed E-state index contributed by atoms with van der Waals surface area (Å²) in [5.74, 6) is 1.14. The van der Waals surface area contributed by atoms with Gasteiger partial charge in [0.15, 0.2) is 5.82 Å². The lowest BCUT2D eigenvalue weighted by atomic mass is 10.0. The smallest absolute Gasteiger partial charge is 0.157 e. The van der Waals surface area contributed by atoms with Crippen LogP contribution >= 0.6 is 11.6 Å². The first-order valence-corrected chi connectivity index (χ1v) is 7.55. The van der Waals surface area contributed by atoms with E-state index in [1.165, 1.54) is 0 Å². The maximum atomic E-state index is 6.04. The highest BCUT2D eigenvalue weighted by molar-refractivity contribution is 6.29. The molecule has 1 aromatic heterocycles. The fraction of sp³-hybridized carbons (Fsp3) is 0.0526. The van der Waals surface area contributed by atoms with Gasteiger partial charge in [-0.2, -0.15) is 0 Å². The van der Waals surface area contributed by atoms with Crippen LogP contribution in [-0.2, 0) is 0 Å². The van der Waals surface area contributed by atoms with E-state index >= 15 is 0 Å². The van der Waals surface area contributed by atoms with Crippen molar-refractivity contribution < 1.29 is 4.74 Å². The van der Waals surface area contributed by atoms with Gasteiger partial charge in [0.25, 0.3) is 0 Å². The Kier molecular flexibility index (Phi) is 4.69. The van der Waals surface area contributed by atoms with Crippen molar-refractivity contribution in [3.05, 3.63) is 89.1 Å². The number of pyridine rings is 1. The van der Waals surface area contributed by atoms with Gasteiger partial charge in [0, 0.05) is 23.3 Å². The number of benzene rings is 2. The molecule has 0 amide bonds. The zero-order valence-electron chi connectivity index (χ0n) is 12.6. The molecule has 2 aromatic carbocycles. The number of nitrogens with zero attached hydrogens (tertiary/aromatic N) is 2. The molecule has 0 saturated heterocycles. The van der Waals surface area contributed by atoms with E-state index in [-0.39, 0.29) is 0 Å². The van der Waals surface area contributed by atoms with E-state index in [1.807, 2.05) is 60.7 Å². The molecule has 3 nitrogen and oxygen atoms in total. The normalized spacial score (nSPS) is 10.2. The zero-order chi connectivity index (χ0) is 16.1. The Bertz CT molecular complexity index is 776. The van der Waals surface area contributed by atoms with E-state index < -0.39 is 0 Å². The molecule has 0 N–H and O–H groups in total. The van der Waals surface area contributed by atoms with Crippen LogP contribution in [0, 0.1) is 0 Å². The van der Waals surface area contributed by atoms with E-state index in [0.717, 1.165) is 16.8 Å². The van der Waals surface area contributed by atoms with Crippen molar-refractivity contribution in [1.82, 2.24) is 4.98 Å². The largest absolute Gasteiger partial charge is 0.497 e. The molecular formula is C19H15ClN2O. The van der Waals surface area contributed by atoms with Gasteiger partial charge in [0.05, 0.1) is 12.8 Å². The molecule has 0 aliphatic rings. The van der Waals surface area contributed by atoms with Crippen LogP contribution in [0.25, 0.3) is 0 Å². The summed E-state index contributed by atoms with van der Waals surface area (Å²) in [6, 6.07) is 23.4. The minimum Gasteiger partial charge on any atom is -0.497 e. The summed E-state index contributed by atoms with van der Waals surface area (Å²) in [4.78, 5) is 8.98. The molecule has 23 heavy (non-hydrogen) atoms. The molecule has 0 fully saturated rings. The van der Waals surface area contributed by atoms with Crippen LogP contribution in [0.15, 0.2) is 77.8 Å². The monoisotopic (exact) mass is 322 g/mol. The van der Waals surface area contributed by atoms with Crippen LogP contribution < -0.4 is 4.74 Å². The highest BCUT2D eigenvalue weighted by Crippen LogP contribution is 2.24. The summed E-state index contributed by atoms with van der Waals surface area (Å²) in [5, 5.41) is 0.351. The highest BCUT2D eigenvalue weighted by Gasteiger charge is 2.08. The lowest BCUT2D eigenvalue weighted by Gasteiger charge is -2.08. The van der Waals surface area contributed by atoms with Gasteiger partial charge < -0.3 is 4.74 Å². The molecule has 0 unspecified atom stereocenters. The van der Waals surface area contributed by atoms with Gasteiger partial charge >= 0.3 is 0 Å². The van der Waals surface area contributed by atoms with Gasteiger partial charge in [-0.25, -0.2) is 9.98 Å². The zero-order valence-corrected chi connectivity index (χ0v) is 13.4. The second-order valence-electron chi connectivity index (χ2n) is 4.88. The number of aromatic nitrogens is 1. The van der Waals surface area contributed by atoms with Crippen LogP contribution in [-0.4, -0.2) is 17.8 Å². The lowest BCUT2D eigenvalue weighted by Crippen LogP contribution is -2.03. The summed E-state index contributed by atoms with van der Waals surface area (Å²) in [7, 11) is 1.59. The molecule has 0 aliphatic carbocycles. The highest BCUT2D eigenvalue weighted by atomic mass is 35.5. The molecule has 0 saturated carbocycles. The summed E-state index contributed by atoms with van der Waals surface area (Å²) >= 11 is 6.04. The van der Waals surface area contributed by atoms with E-state index in [4.69, 9.17) is 21.3 Å². The van der Waals surface area contributed by atoms with Crippen molar-refractivity contribution in [3.8, 4) is 5.75 Å². The average molecular weight is 323 g/mol. The Morgan fingerprint density at radius 3 is 2.00 bits per heavy atom. The molecule has 0 atom stereocenters. The predicted molar refractivity (Wildman–Crippen MR) is 94.0 cm³/mol. The van der Waals surface area contributed by atoms with Gasteiger partial charge in [-0.15, -0.1) is 0 Å². The second-order valence-corrected chi connectivity index (χ2v) is 5.27. The van der Waals surface area contributed by atoms with Gasteiger partial charge in [0.1, 0.15) is 10.9 Å². The molecule has 0 spiro atoms. The van der Waals surface area contributed by atoms with Crippen molar-refractivity contribution in [2.45, 2.75) is 0 Å². The van der Waals surface area contributed by atoms with Gasteiger partial charge in [-0.3, -0.25) is 0 Å². The third-order valence-corrected chi connectivity index (χ3v) is 3.50. The Labute approximate surface area is 140 Å². The van der Waals surface area contributed by atoms with E-state index in [2.05, 4.69) is 4.98 Å². The van der Waals surface area contributed by atoms with Gasteiger partial charge in [0.2, 0.25) is 0 Å². The van der Waals surface area contributed by atoms with Crippen molar-refractivity contribution in [1.29, 1.82) is 0 Å². The van der Waals surface area contributed by atoms with Crippen LogP contribution in [0.2, 0.25) is 5.15 Å². The molecule has 3 aromatic rings. The first-order chi connectivity index (χ1) is 11.3. The van der Waals surface area contributed by atoms with E-state index in [0.29, 0.717) is 16.7 Å². The van der Waals surface area contributed by atoms with E-state index in [1.54, 1.807) is 19.2 Å². The molecule has 0 aliphatic heterocycles.